The highest BCUT2D eigenvalue weighted by Crippen LogP contribution is 2.25. The molecule has 1 aromatic carbocycles. The lowest BCUT2D eigenvalue weighted by Crippen LogP contribution is -2.47. The molecule has 0 atom stereocenters. The molecule has 2 aliphatic heterocycles. The molecule has 1 saturated heterocycles. The summed E-state index contributed by atoms with van der Waals surface area (Å²) < 4.78 is 5.56. The van der Waals surface area contributed by atoms with E-state index in [0.717, 1.165) is 57.1 Å². The fraction of sp³-hybridized carbons (Fsp3) is 0.455. The van der Waals surface area contributed by atoms with Gasteiger partial charge in [0.1, 0.15) is 5.75 Å². The summed E-state index contributed by atoms with van der Waals surface area (Å²) in [5, 5.41) is 0. The number of carbonyl (C=O) groups excluding carboxylic acids is 2. The van der Waals surface area contributed by atoms with E-state index in [1.807, 2.05) is 25.1 Å². The van der Waals surface area contributed by atoms with Crippen molar-refractivity contribution in [2.75, 3.05) is 50.8 Å². The number of carbonyl (C=O) groups is 2. The number of ether oxygens (including phenoxy) is 1. The van der Waals surface area contributed by atoms with Crippen LogP contribution in [0, 0.1) is 6.92 Å². The van der Waals surface area contributed by atoms with E-state index < -0.39 is 0 Å². The van der Waals surface area contributed by atoms with Gasteiger partial charge in [-0.3, -0.25) is 19.4 Å². The maximum absolute atomic E-state index is 12.8. The van der Waals surface area contributed by atoms with E-state index in [0.29, 0.717) is 17.9 Å². The Bertz CT molecular complexity index is 897. The number of hydrogen-bond donors (Lipinski definition) is 0. The summed E-state index contributed by atoms with van der Waals surface area (Å²) in [4.78, 5) is 39.8. The third-order valence-electron chi connectivity index (χ3n) is 5.58. The summed E-state index contributed by atoms with van der Waals surface area (Å²) in [6, 6.07) is 7.25. The van der Waals surface area contributed by atoms with Crippen LogP contribution in [0.25, 0.3) is 0 Å². The second-order valence-electron chi connectivity index (χ2n) is 7.72. The number of amides is 2. The molecule has 0 spiro atoms. The largest absolute Gasteiger partial charge is 0.483 e. The summed E-state index contributed by atoms with van der Waals surface area (Å²) in [7, 11) is 0. The zero-order valence-corrected chi connectivity index (χ0v) is 17.3. The standard InChI is InChI=1S/C22H27N5O3/c1-17-5-6-18-19(15-17)30-16-20(28)27(21(18)29)10-3-2-9-25-11-13-26(14-12-25)22-23-7-4-8-24-22/h4-8,15H,2-3,9-14,16H2,1H3. The highest BCUT2D eigenvalue weighted by molar-refractivity contribution is 6.07. The molecule has 3 heterocycles. The number of hydrogen-bond acceptors (Lipinski definition) is 7. The molecule has 0 saturated carbocycles. The SMILES string of the molecule is Cc1ccc2c(c1)OCC(=O)N(CCCCN1CCN(c3ncccn3)CC1)C2=O. The minimum atomic E-state index is -0.273. The molecule has 2 aliphatic rings. The van der Waals surface area contributed by atoms with E-state index in [4.69, 9.17) is 4.74 Å². The van der Waals surface area contributed by atoms with E-state index >= 15 is 0 Å². The molecule has 1 fully saturated rings. The average molecular weight is 409 g/mol. The van der Waals surface area contributed by atoms with Crippen LogP contribution in [0.1, 0.15) is 28.8 Å². The van der Waals surface area contributed by atoms with Gasteiger partial charge in [0.25, 0.3) is 11.8 Å². The molecule has 0 unspecified atom stereocenters. The molecule has 0 aliphatic carbocycles. The number of rotatable bonds is 6. The first-order chi connectivity index (χ1) is 14.6. The van der Waals surface area contributed by atoms with Gasteiger partial charge < -0.3 is 9.64 Å². The Morgan fingerprint density at radius 2 is 1.73 bits per heavy atom. The Kier molecular flexibility index (Phi) is 6.23. The fourth-order valence-corrected chi connectivity index (χ4v) is 3.86. The molecule has 158 valence electrons. The zero-order valence-electron chi connectivity index (χ0n) is 17.3. The van der Waals surface area contributed by atoms with Crippen molar-refractivity contribution in [1.82, 2.24) is 19.8 Å². The Balaban J connectivity index is 1.24. The molecule has 30 heavy (non-hydrogen) atoms. The first kappa shape index (κ1) is 20.3. The van der Waals surface area contributed by atoms with Crippen molar-refractivity contribution in [2.24, 2.45) is 0 Å². The molecule has 2 aromatic rings. The molecular formula is C22H27N5O3. The van der Waals surface area contributed by atoms with Crippen molar-refractivity contribution in [3.8, 4) is 5.75 Å². The minimum Gasteiger partial charge on any atom is -0.483 e. The van der Waals surface area contributed by atoms with Gasteiger partial charge in [-0.15, -0.1) is 0 Å². The number of aromatic nitrogens is 2. The van der Waals surface area contributed by atoms with Gasteiger partial charge in [0.15, 0.2) is 6.61 Å². The maximum atomic E-state index is 12.8. The molecular weight excluding hydrogens is 382 g/mol. The number of nitrogens with zero attached hydrogens (tertiary/aromatic N) is 5. The van der Waals surface area contributed by atoms with Crippen LogP contribution >= 0.6 is 0 Å². The van der Waals surface area contributed by atoms with Crippen LogP contribution in [0.3, 0.4) is 0 Å². The van der Waals surface area contributed by atoms with Gasteiger partial charge >= 0.3 is 0 Å². The first-order valence-electron chi connectivity index (χ1n) is 10.4. The lowest BCUT2D eigenvalue weighted by molar-refractivity contribution is -0.130. The number of imide groups is 1. The van der Waals surface area contributed by atoms with E-state index in [-0.39, 0.29) is 18.4 Å². The van der Waals surface area contributed by atoms with Gasteiger partial charge in [-0.1, -0.05) is 6.07 Å². The highest BCUT2D eigenvalue weighted by Gasteiger charge is 2.29. The summed E-state index contributed by atoms with van der Waals surface area (Å²) in [5.74, 6) is 0.749. The summed E-state index contributed by atoms with van der Waals surface area (Å²) in [5.41, 5.74) is 1.46. The fourth-order valence-electron chi connectivity index (χ4n) is 3.86. The van der Waals surface area contributed by atoms with Crippen LogP contribution in [0.5, 0.6) is 5.75 Å². The molecule has 0 bridgehead atoms. The molecule has 0 N–H and O–H groups in total. The second kappa shape index (κ2) is 9.21. The normalized spacial score (nSPS) is 17.5. The van der Waals surface area contributed by atoms with E-state index in [1.54, 1.807) is 18.5 Å². The van der Waals surface area contributed by atoms with Crippen LogP contribution in [0.2, 0.25) is 0 Å². The Labute approximate surface area is 176 Å². The third-order valence-corrected chi connectivity index (χ3v) is 5.58. The van der Waals surface area contributed by atoms with Crippen LogP contribution < -0.4 is 9.64 Å². The smallest absolute Gasteiger partial charge is 0.267 e. The summed E-state index contributed by atoms with van der Waals surface area (Å²) in [6.45, 7) is 6.94. The monoisotopic (exact) mass is 409 g/mol. The second-order valence-corrected chi connectivity index (χ2v) is 7.72. The predicted molar refractivity (Wildman–Crippen MR) is 113 cm³/mol. The van der Waals surface area contributed by atoms with Crippen LogP contribution in [0.4, 0.5) is 5.95 Å². The van der Waals surface area contributed by atoms with E-state index in [2.05, 4.69) is 19.8 Å². The summed E-state index contributed by atoms with van der Waals surface area (Å²) in [6.07, 6.45) is 5.25. The molecule has 2 amide bonds. The molecule has 0 radical (unpaired) electrons. The first-order valence-corrected chi connectivity index (χ1v) is 10.4. The summed E-state index contributed by atoms with van der Waals surface area (Å²) >= 11 is 0. The lowest BCUT2D eigenvalue weighted by Gasteiger charge is -2.34. The number of benzene rings is 1. The van der Waals surface area contributed by atoms with Gasteiger partial charge in [-0.25, -0.2) is 9.97 Å². The van der Waals surface area contributed by atoms with Gasteiger partial charge in [-0.2, -0.15) is 0 Å². The Morgan fingerprint density at radius 1 is 1.00 bits per heavy atom. The van der Waals surface area contributed by atoms with Crippen LogP contribution in [-0.4, -0.2) is 77.5 Å². The van der Waals surface area contributed by atoms with E-state index in [1.165, 1.54) is 4.90 Å². The number of anilines is 1. The average Bonchev–Trinajstić information content (AvgIpc) is 2.89. The van der Waals surface area contributed by atoms with Gasteiger partial charge in [0, 0.05) is 45.1 Å². The maximum Gasteiger partial charge on any atom is 0.267 e. The van der Waals surface area contributed by atoms with E-state index in [9.17, 15) is 9.59 Å². The van der Waals surface area contributed by atoms with Gasteiger partial charge in [0.05, 0.1) is 5.56 Å². The zero-order chi connectivity index (χ0) is 20.9. The predicted octanol–water partition coefficient (Wildman–Crippen LogP) is 1.75. The number of aryl methyl sites for hydroxylation is 1. The molecule has 4 rings (SSSR count). The van der Waals surface area contributed by atoms with Crippen molar-refractivity contribution in [2.45, 2.75) is 19.8 Å². The Morgan fingerprint density at radius 3 is 2.50 bits per heavy atom. The number of fused-ring (bicyclic) bond motifs is 1. The van der Waals surface area contributed by atoms with Crippen molar-refractivity contribution in [3.05, 3.63) is 47.8 Å². The lowest BCUT2D eigenvalue weighted by atomic mass is 10.1. The highest BCUT2D eigenvalue weighted by atomic mass is 16.5. The van der Waals surface area contributed by atoms with Crippen molar-refractivity contribution in [3.63, 3.8) is 0 Å². The molecule has 1 aromatic heterocycles. The van der Waals surface area contributed by atoms with Crippen LogP contribution in [0.15, 0.2) is 36.7 Å². The van der Waals surface area contributed by atoms with Gasteiger partial charge in [-0.05, 0) is 50.1 Å². The van der Waals surface area contributed by atoms with Gasteiger partial charge in [0.2, 0.25) is 5.95 Å². The quantitative estimate of drug-likeness (QED) is 0.531. The van der Waals surface area contributed by atoms with Crippen LogP contribution in [-0.2, 0) is 4.79 Å². The molecule has 8 nitrogen and oxygen atoms in total. The third kappa shape index (κ3) is 4.59. The number of unbranched alkanes of at least 4 members (excludes halogenated alkanes) is 1. The van der Waals surface area contributed by atoms with Crippen molar-refractivity contribution < 1.29 is 14.3 Å². The van der Waals surface area contributed by atoms with Crippen molar-refractivity contribution in [1.29, 1.82) is 0 Å². The number of piperazine rings is 1. The minimum absolute atomic E-state index is 0.0916. The topological polar surface area (TPSA) is 78.9 Å². The molecule has 8 heteroatoms. The van der Waals surface area contributed by atoms with Crippen molar-refractivity contribution >= 4 is 17.8 Å². The Hall–Kier alpha value is -3.00.